The van der Waals surface area contributed by atoms with Crippen molar-refractivity contribution in [2.24, 2.45) is 11.8 Å². The number of piperidine rings is 2. The Kier molecular flexibility index (Phi) is 16.0. The van der Waals surface area contributed by atoms with Crippen molar-refractivity contribution in [1.29, 1.82) is 0 Å². The average molecular weight is 1050 g/mol. The van der Waals surface area contributed by atoms with Crippen LogP contribution in [-0.4, -0.2) is 125 Å². The van der Waals surface area contributed by atoms with Crippen molar-refractivity contribution in [3.8, 4) is 27.7 Å². The van der Waals surface area contributed by atoms with E-state index in [4.69, 9.17) is 13.8 Å². The van der Waals surface area contributed by atoms with Crippen LogP contribution in [0.4, 0.5) is 12.0 Å². The molecule has 1 N–H and O–H groups in total. The monoisotopic (exact) mass is 1050 g/mol. The van der Waals surface area contributed by atoms with E-state index in [2.05, 4.69) is 107 Å². The molecule has 10 heterocycles. The number of fused-ring (bicyclic) bond motifs is 2. The maximum Gasteiger partial charge on any atom is 0.324 e. The van der Waals surface area contributed by atoms with Crippen molar-refractivity contribution in [3.63, 3.8) is 0 Å². The number of aliphatic hydroxyl groups is 1. The Morgan fingerprint density at radius 1 is 0.657 bits per heavy atom. The Bertz CT molecular complexity index is 2730. The summed E-state index contributed by atoms with van der Waals surface area (Å²) in [5.41, 5.74) is 3.41. The van der Waals surface area contributed by atoms with E-state index in [9.17, 15) is 5.11 Å². The molecule has 8 aromatic rings. The lowest BCUT2D eigenvalue weighted by Crippen LogP contribution is -2.38. The number of anilines is 2. The van der Waals surface area contributed by atoms with E-state index >= 15 is 0 Å². The first-order chi connectivity index (χ1) is 32.3. The van der Waals surface area contributed by atoms with Gasteiger partial charge in [-0.2, -0.15) is 9.97 Å². The van der Waals surface area contributed by atoms with Crippen molar-refractivity contribution in [2.45, 2.75) is 102 Å². The highest BCUT2D eigenvalue weighted by Crippen LogP contribution is 2.31. The zero-order chi connectivity index (χ0) is 47.2. The van der Waals surface area contributed by atoms with E-state index in [-0.39, 0.29) is 18.1 Å². The second kappa shape index (κ2) is 22.1. The van der Waals surface area contributed by atoms with Crippen LogP contribution in [0, 0.1) is 11.8 Å². The summed E-state index contributed by atoms with van der Waals surface area (Å²) >= 11 is 9.28. The summed E-state index contributed by atoms with van der Waals surface area (Å²) in [5.74, 6) is 2.91. The number of imidazole rings is 2. The summed E-state index contributed by atoms with van der Waals surface area (Å²) in [5, 5.41) is 28.5. The highest BCUT2D eigenvalue weighted by Gasteiger charge is 2.29. The van der Waals surface area contributed by atoms with Gasteiger partial charge in [-0.15, -0.1) is 10.2 Å². The lowest BCUT2D eigenvalue weighted by molar-refractivity contribution is 0.109. The van der Waals surface area contributed by atoms with Crippen LogP contribution < -0.4 is 14.5 Å². The lowest BCUT2D eigenvalue weighted by atomic mass is 9.92. The number of halogens is 1. The first kappa shape index (κ1) is 48.6. The molecule has 2 atom stereocenters. The number of hydrogen-bond acceptors (Lipinski definition) is 22. The van der Waals surface area contributed by atoms with E-state index in [0.717, 1.165) is 110 Å². The minimum atomic E-state index is -0.217. The fraction of sp³-hybridized carbons (Fsp3) is 0.524. The smallest absolute Gasteiger partial charge is 0.324 e. The molecule has 0 bridgehead atoms. The summed E-state index contributed by atoms with van der Waals surface area (Å²) < 4.78 is 21.2. The first-order valence-electron chi connectivity index (χ1n) is 22.0. The Morgan fingerprint density at radius 2 is 1.10 bits per heavy atom. The van der Waals surface area contributed by atoms with Gasteiger partial charge in [-0.05, 0) is 91.1 Å². The van der Waals surface area contributed by atoms with Gasteiger partial charge in [0.2, 0.25) is 9.92 Å². The number of thioether (sulfide) groups is 2. The number of aromatic nitrogens is 14. The second-order valence-electron chi connectivity index (χ2n) is 16.7. The van der Waals surface area contributed by atoms with Gasteiger partial charge in [-0.3, -0.25) is 0 Å². The molecular weight excluding hydrogens is 1000 g/mol. The minimum absolute atomic E-state index is 0.0591. The van der Waals surface area contributed by atoms with E-state index in [1.54, 1.807) is 33.8 Å². The molecule has 10 rings (SSSR count). The Hall–Kier alpha value is -4.82. The zero-order valence-electron chi connectivity index (χ0n) is 38.4. The second-order valence-corrected chi connectivity index (χ2v) is 21.4. The summed E-state index contributed by atoms with van der Waals surface area (Å²) in [6, 6.07) is 1.24. The quantitative estimate of drug-likeness (QED) is 0.0892. The van der Waals surface area contributed by atoms with Crippen LogP contribution in [0.2, 0.25) is 0 Å². The van der Waals surface area contributed by atoms with Gasteiger partial charge in [-0.25, -0.2) is 38.9 Å². The van der Waals surface area contributed by atoms with Gasteiger partial charge in [-0.1, -0.05) is 72.9 Å². The predicted octanol–water partition coefficient (Wildman–Crippen LogP) is 8.68. The van der Waals surface area contributed by atoms with E-state index in [1.807, 2.05) is 45.7 Å². The molecule has 20 nitrogen and oxygen atoms in total. The molecule has 2 aliphatic heterocycles. The molecular formula is C42H53BrN16O4S4. The van der Waals surface area contributed by atoms with Crippen LogP contribution in [0.15, 0.2) is 60.5 Å². The van der Waals surface area contributed by atoms with Crippen LogP contribution in [0.5, 0.6) is 5.19 Å². The predicted molar refractivity (Wildman–Crippen MR) is 263 cm³/mol. The van der Waals surface area contributed by atoms with Gasteiger partial charge < -0.3 is 28.7 Å². The molecule has 0 aromatic carbocycles. The topological polar surface area (TPSA) is 226 Å². The van der Waals surface area contributed by atoms with Gasteiger partial charge in [0.25, 0.3) is 5.19 Å². The van der Waals surface area contributed by atoms with Crippen molar-refractivity contribution in [2.75, 3.05) is 48.5 Å². The van der Waals surface area contributed by atoms with Crippen LogP contribution in [0.25, 0.3) is 32.4 Å². The summed E-state index contributed by atoms with van der Waals surface area (Å²) in [7, 11) is 0. The standard InChI is InChI=1S/C21H26N8O2S2.C12H21N3O2.C9H6BrN5S2/c1-12(2)17-25-19(31-27-17)28-7-5-14(6-8-28)13(3)30-21-26-29-11-16(24-20(29)33-21)15-9-22-18(32-4)23-10-15;1-8(2)11-13-12(17-14-11)15-6-4-10(5-7-15)9(3)16;1-16-8-11-2-5(3-12-8)6-4-15-9(13-6)17-7(10)14-15/h9-14H,5-8H2,1-4H3;8-10,16H,4-7H2,1-3H3;2-4H,1H3. The first-order valence-corrected chi connectivity index (χ1v) is 26.8. The molecule has 0 spiro atoms. The third-order valence-electron chi connectivity index (χ3n) is 11.4. The largest absolute Gasteiger partial charge is 0.466 e. The number of rotatable bonds is 12. The molecule has 25 heteroatoms. The molecule has 0 radical (unpaired) electrons. The third kappa shape index (κ3) is 12.1. The Labute approximate surface area is 412 Å². The molecule has 2 aliphatic rings. The molecule has 0 amide bonds. The fourth-order valence-corrected chi connectivity index (χ4v) is 10.0. The molecule has 0 aliphatic carbocycles. The van der Waals surface area contributed by atoms with Gasteiger partial charge in [0.1, 0.15) is 6.10 Å². The summed E-state index contributed by atoms with van der Waals surface area (Å²) in [6.45, 7) is 15.7. The number of nitrogens with zero attached hydrogens (tertiary/aromatic N) is 16. The number of hydrogen-bond donors (Lipinski definition) is 1. The Morgan fingerprint density at radius 3 is 1.51 bits per heavy atom. The molecule has 2 fully saturated rings. The van der Waals surface area contributed by atoms with E-state index < -0.39 is 0 Å². The van der Waals surface area contributed by atoms with Crippen LogP contribution in [0.1, 0.15) is 90.7 Å². The number of aliphatic hydroxyl groups excluding tert-OH is 1. The van der Waals surface area contributed by atoms with Crippen LogP contribution in [-0.2, 0) is 0 Å². The molecule has 8 aromatic heterocycles. The van der Waals surface area contributed by atoms with Gasteiger partial charge in [0.05, 0.1) is 29.9 Å². The van der Waals surface area contributed by atoms with Gasteiger partial charge >= 0.3 is 12.0 Å². The zero-order valence-corrected chi connectivity index (χ0v) is 43.3. The van der Waals surface area contributed by atoms with Gasteiger partial charge in [0.15, 0.2) is 25.9 Å². The van der Waals surface area contributed by atoms with Gasteiger partial charge in [0, 0.05) is 73.9 Å². The Balaban J connectivity index is 0.000000150. The fourth-order valence-electron chi connectivity index (χ4n) is 7.36. The summed E-state index contributed by atoms with van der Waals surface area (Å²) in [4.78, 5) is 41.0. The van der Waals surface area contributed by atoms with Crippen molar-refractivity contribution in [3.05, 3.63) is 52.7 Å². The van der Waals surface area contributed by atoms with Crippen LogP contribution >= 0.6 is 62.1 Å². The SMILES string of the molecule is CC(C)c1noc(N2CCC(C(C)O)CC2)n1.CSc1ncc(-c2cn3nc(Br)sc3n2)cn1.CSc1ncc(-c2cn3nc(OC(C)C4CCN(c5nc(C(C)C)no5)CC4)sc3n2)cn1. The minimum Gasteiger partial charge on any atom is -0.466 e. The highest BCUT2D eigenvalue weighted by molar-refractivity contribution is 9.11. The third-order valence-corrected chi connectivity index (χ3v) is 14.7. The van der Waals surface area contributed by atoms with Crippen LogP contribution in [0.3, 0.4) is 0 Å². The lowest BCUT2D eigenvalue weighted by Gasteiger charge is -2.33. The maximum absolute atomic E-state index is 9.54. The molecule has 2 unspecified atom stereocenters. The van der Waals surface area contributed by atoms with Crippen molar-refractivity contribution in [1.82, 2.24) is 69.4 Å². The number of ether oxygens (including phenoxy) is 1. The normalized spacial score (nSPS) is 15.8. The molecule has 0 saturated carbocycles. The maximum atomic E-state index is 9.54. The molecule has 2 saturated heterocycles. The van der Waals surface area contributed by atoms with E-state index in [0.29, 0.717) is 35.0 Å². The highest BCUT2D eigenvalue weighted by atomic mass is 79.9. The summed E-state index contributed by atoms with van der Waals surface area (Å²) in [6.07, 6.45) is 18.6. The van der Waals surface area contributed by atoms with Crippen molar-refractivity contribution >= 4 is 84.1 Å². The molecule has 67 heavy (non-hydrogen) atoms. The average Bonchev–Trinajstić information content (AvgIpc) is 4.21. The van der Waals surface area contributed by atoms with Crippen molar-refractivity contribution < 1.29 is 18.9 Å². The molecule has 356 valence electrons. The van der Waals surface area contributed by atoms with E-state index in [1.165, 1.54) is 46.2 Å².